The third-order valence-electron chi connectivity index (χ3n) is 3.02. The molecule has 1 aliphatic rings. The quantitative estimate of drug-likeness (QED) is 0.816. The fraction of sp³-hybridized carbons (Fsp3) is 0.692. The molecule has 7 heteroatoms. The van der Waals surface area contributed by atoms with Crippen molar-refractivity contribution in [3.05, 3.63) is 12.2 Å². The van der Waals surface area contributed by atoms with E-state index in [0.717, 1.165) is 6.42 Å². The number of likely N-dealkylation sites (tertiary alicyclic amines) is 1. The van der Waals surface area contributed by atoms with E-state index in [9.17, 15) is 4.79 Å². The molecule has 1 aliphatic heterocycles. The van der Waals surface area contributed by atoms with Crippen LogP contribution in [0.4, 0.5) is 4.79 Å². The van der Waals surface area contributed by atoms with Crippen molar-refractivity contribution in [1.29, 1.82) is 5.26 Å². The minimum Gasteiger partial charge on any atom is -0.444 e. The Morgan fingerprint density at radius 1 is 1.60 bits per heavy atom. The van der Waals surface area contributed by atoms with Crippen molar-refractivity contribution >= 4 is 6.09 Å². The van der Waals surface area contributed by atoms with Crippen LogP contribution in [0.5, 0.6) is 0 Å². The maximum absolute atomic E-state index is 11.9. The SMILES string of the molecule is CC(C)(C)OC(=O)N1CC[C@@H](Cn2cnc(C#N)n2)C1. The number of aromatic nitrogens is 3. The van der Waals surface area contributed by atoms with Gasteiger partial charge in [-0.15, -0.1) is 5.10 Å². The topological polar surface area (TPSA) is 84.0 Å². The molecule has 2 heterocycles. The number of hydrogen-bond acceptors (Lipinski definition) is 5. The van der Waals surface area contributed by atoms with Crippen LogP contribution in [0.3, 0.4) is 0 Å². The number of ether oxygens (including phenoxy) is 1. The van der Waals surface area contributed by atoms with Gasteiger partial charge >= 0.3 is 6.09 Å². The minimum atomic E-state index is -0.469. The molecule has 1 aromatic heterocycles. The summed E-state index contributed by atoms with van der Waals surface area (Å²) < 4.78 is 7.01. The van der Waals surface area contributed by atoms with Crippen molar-refractivity contribution < 1.29 is 9.53 Å². The molecule has 0 aromatic carbocycles. The van der Waals surface area contributed by atoms with E-state index < -0.39 is 5.60 Å². The second-order valence-corrected chi connectivity index (χ2v) is 5.98. The van der Waals surface area contributed by atoms with Gasteiger partial charge < -0.3 is 9.64 Å². The summed E-state index contributed by atoms with van der Waals surface area (Å²) in [6.45, 7) is 7.58. The van der Waals surface area contributed by atoms with E-state index >= 15 is 0 Å². The number of hydrogen-bond donors (Lipinski definition) is 0. The third-order valence-corrected chi connectivity index (χ3v) is 3.02. The van der Waals surface area contributed by atoms with Crippen LogP contribution in [0.1, 0.15) is 33.0 Å². The molecule has 0 N–H and O–H groups in total. The number of rotatable bonds is 2. The molecule has 0 aliphatic carbocycles. The molecular formula is C13H19N5O2. The van der Waals surface area contributed by atoms with Gasteiger partial charge in [-0.2, -0.15) is 5.26 Å². The summed E-state index contributed by atoms with van der Waals surface area (Å²) in [7, 11) is 0. The zero-order valence-electron chi connectivity index (χ0n) is 12.0. The van der Waals surface area contributed by atoms with Gasteiger partial charge in [0.15, 0.2) is 0 Å². The van der Waals surface area contributed by atoms with Crippen LogP contribution in [-0.4, -0.2) is 44.4 Å². The third kappa shape index (κ3) is 3.70. The fourth-order valence-electron chi connectivity index (χ4n) is 2.17. The summed E-state index contributed by atoms with van der Waals surface area (Å²) in [6.07, 6.45) is 2.19. The number of carbonyl (C=O) groups is 1. The zero-order valence-corrected chi connectivity index (χ0v) is 12.0. The Kier molecular flexibility index (Phi) is 3.93. The van der Waals surface area contributed by atoms with E-state index in [1.807, 2.05) is 26.8 Å². The lowest BCUT2D eigenvalue weighted by Crippen LogP contribution is -2.35. The first kappa shape index (κ1) is 14.3. The van der Waals surface area contributed by atoms with Crippen molar-refractivity contribution in [2.24, 2.45) is 5.92 Å². The Bertz CT molecular complexity index is 526. The predicted molar refractivity (Wildman–Crippen MR) is 70.7 cm³/mol. The Hall–Kier alpha value is -2.10. The van der Waals surface area contributed by atoms with Crippen LogP contribution >= 0.6 is 0 Å². The lowest BCUT2D eigenvalue weighted by Gasteiger charge is -2.24. The highest BCUT2D eigenvalue weighted by molar-refractivity contribution is 5.68. The molecule has 0 bridgehead atoms. The Balaban J connectivity index is 1.86. The molecular weight excluding hydrogens is 258 g/mol. The van der Waals surface area contributed by atoms with Crippen LogP contribution < -0.4 is 0 Å². The van der Waals surface area contributed by atoms with Crippen LogP contribution in [0.25, 0.3) is 0 Å². The Morgan fingerprint density at radius 3 is 2.95 bits per heavy atom. The fourth-order valence-corrected chi connectivity index (χ4v) is 2.17. The van der Waals surface area contributed by atoms with E-state index in [4.69, 9.17) is 10.00 Å². The molecule has 2 rings (SSSR count). The number of nitriles is 1. The number of nitrogens with zero attached hydrogens (tertiary/aromatic N) is 5. The lowest BCUT2D eigenvalue weighted by molar-refractivity contribution is 0.0287. The maximum atomic E-state index is 11.9. The smallest absolute Gasteiger partial charge is 0.410 e. The number of amides is 1. The predicted octanol–water partition coefficient (Wildman–Crippen LogP) is 1.41. The van der Waals surface area contributed by atoms with Crippen LogP contribution in [-0.2, 0) is 11.3 Å². The van der Waals surface area contributed by atoms with Gasteiger partial charge in [-0.05, 0) is 33.1 Å². The second kappa shape index (κ2) is 5.49. The van der Waals surface area contributed by atoms with Gasteiger partial charge in [0.2, 0.25) is 0 Å². The van der Waals surface area contributed by atoms with Gasteiger partial charge in [0, 0.05) is 19.6 Å². The first-order chi connectivity index (χ1) is 9.37. The summed E-state index contributed by atoms with van der Waals surface area (Å²) in [5.74, 6) is 0.489. The first-order valence-electron chi connectivity index (χ1n) is 6.65. The monoisotopic (exact) mass is 277 g/mol. The molecule has 1 atom stereocenters. The zero-order chi connectivity index (χ0) is 14.8. The first-order valence-corrected chi connectivity index (χ1v) is 6.65. The standard InChI is InChI=1S/C13H19N5O2/c1-13(2,3)20-12(19)17-5-4-10(7-17)8-18-9-15-11(6-14)16-18/h9-10H,4-5,7-8H2,1-3H3/t10-/m1/s1. The molecule has 108 valence electrons. The van der Waals surface area contributed by atoms with Crippen LogP contribution in [0.15, 0.2) is 6.33 Å². The molecule has 1 aromatic rings. The summed E-state index contributed by atoms with van der Waals surface area (Å²) in [4.78, 5) is 17.5. The normalized spacial score (nSPS) is 18.9. The highest BCUT2D eigenvalue weighted by Crippen LogP contribution is 2.20. The largest absolute Gasteiger partial charge is 0.444 e. The average molecular weight is 277 g/mol. The van der Waals surface area contributed by atoms with E-state index in [1.165, 1.54) is 0 Å². The molecule has 0 saturated carbocycles. The van der Waals surface area contributed by atoms with E-state index in [2.05, 4.69) is 10.1 Å². The lowest BCUT2D eigenvalue weighted by atomic mass is 10.1. The van der Waals surface area contributed by atoms with Crippen LogP contribution in [0.2, 0.25) is 0 Å². The Labute approximate surface area is 118 Å². The van der Waals surface area contributed by atoms with Crippen molar-refractivity contribution in [2.75, 3.05) is 13.1 Å². The van der Waals surface area contributed by atoms with Crippen molar-refractivity contribution in [3.8, 4) is 6.07 Å². The van der Waals surface area contributed by atoms with Crippen molar-refractivity contribution in [3.63, 3.8) is 0 Å². The molecule has 20 heavy (non-hydrogen) atoms. The highest BCUT2D eigenvalue weighted by atomic mass is 16.6. The van der Waals surface area contributed by atoms with Crippen molar-refractivity contribution in [1.82, 2.24) is 19.7 Å². The summed E-state index contributed by atoms with van der Waals surface area (Å²) in [6, 6.07) is 1.90. The van der Waals surface area contributed by atoms with Crippen LogP contribution in [0, 0.1) is 17.2 Å². The summed E-state index contributed by atoms with van der Waals surface area (Å²) >= 11 is 0. The minimum absolute atomic E-state index is 0.173. The maximum Gasteiger partial charge on any atom is 0.410 e. The van der Waals surface area contributed by atoms with Gasteiger partial charge in [0.05, 0.1) is 0 Å². The van der Waals surface area contributed by atoms with Gasteiger partial charge in [-0.3, -0.25) is 4.68 Å². The molecule has 0 spiro atoms. The molecule has 7 nitrogen and oxygen atoms in total. The number of carbonyl (C=O) groups excluding carboxylic acids is 1. The highest BCUT2D eigenvalue weighted by Gasteiger charge is 2.30. The molecule has 1 amide bonds. The molecule has 1 saturated heterocycles. The van der Waals surface area contributed by atoms with E-state index in [0.29, 0.717) is 25.6 Å². The second-order valence-electron chi connectivity index (χ2n) is 5.98. The Morgan fingerprint density at radius 2 is 2.35 bits per heavy atom. The van der Waals surface area contributed by atoms with Gasteiger partial charge in [0.1, 0.15) is 18.0 Å². The van der Waals surface area contributed by atoms with Gasteiger partial charge in [0.25, 0.3) is 5.82 Å². The van der Waals surface area contributed by atoms with Crippen molar-refractivity contribution in [2.45, 2.75) is 39.3 Å². The summed E-state index contributed by atoms with van der Waals surface area (Å²) in [5.41, 5.74) is -0.469. The molecule has 0 unspecified atom stereocenters. The molecule has 0 radical (unpaired) electrons. The molecule has 1 fully saturated rings. The average Bonchev–Trinajstić information content (AvgIpc) is 2.96. The van der Waals surface area contributed by atoms with Gasteiger partial charge in [-0.25, -0.2) is 9.78 Å². The summed E-state index contributed by atoms with van der Waals surface area (Å²) in [5, 5.41) is 12.7. The van der Waals surface area contributed by atoms with E-state index in [-0.39, 0.29) is 11.9 Å². The van der Waals surface area contributed by atoms with Gasteiger partial charge in [-0.1, -0.05) is 0 Å². The van der Waals surface area contributed by atoms with E-state index in [1.54, 1.807) is 15.9 Å².